The highest BCUT2D eigenvalue weighted by atomic mass is 35.5. The molecule has 0 aromatic heterocycles. The van der Waals surface area contributed by atoms with Gasteiger partial charge >= 0.3 is 0 Å². The number of piperazine rings is 1. The van der Waals surface area contributed by atoms with Crippen molar-refractivity contribution in [2.45, 2.75) is 25.3 Å². The van der Waals surface area contributed by atoms with Crippen molar-refractivity contribution >= 4 is 23.4 Å². The maximum atomic E-state index is 12.4. The predicted molar refractivity (Wildman–Crippen MR) is 89.3 cm³/mol. The molecule has 0 radical (unpaired) electrons. The van der Waals surface area contributed by atoms with Gasteiger partial charge in [0, 0.05) is 37.2 Å². The van der Waals surface area contributed by atoms with Crippen LogP contribution in [0.4, 0.5) is 0 Å². The first kappa shape index (κ1) is 16.3. The van der Waals surface area contributed by atoms with Crippen molar-refractivity contribution in [2.75, 3.05) is 32.7 Å². The first-order valence-electron chi connectivity index (χ1n) is 8.15. The highest BCUT2D eigenvalue weighted by molar-refractivity contribution is 6.31. The molecule has 0 spiro atoms. The Bertz CT molecular complexity index is 581. The van der Waals surface area contributed by atoms with Crippen molar-refractivity contribution in [1.29, 1.82) is 0 Å². The first-order valence-corrected chi connectivity index (χ1v) is 8.52. The van der Waals surface area contributed by atoms with Crippen molar-refractivity contribution in [3.8, 4) is 0 Å². The summed E-state index contributed by atoms with van der Waals surface area (Å²) in [5, 5.41) is 3.63. The van der Waals surface area contributed by atoms with Crippen LogP contribution in [0.2, 0.25) is 5.02 Å². The van der Waals surface area contributed by atoms with Gasteiger partial charge in [0.2, 0.25) is 11.8 Å². The number of hydrogen-bond acceptors (Lipinski definition) is 3. The second-order valence-electron chi connectivity index (χ2n) is 6.27. The molecule has 5 nitrogen and oxygen atoms in total. The molecular weight excluding hydrogens is 314 g/mol. The fourth-order valence-corrected chi connectivity index (χ4v) is 2.98. The van der Waals surface area contributed by atoms with E-state index >= 15 is 0 Å². The molecule has 1 aromatic carbocycles. The van der Waals surface area contributed by atoms with E-state index in [9.17, 15) is 9.59 Å². The molecule has 0 atom stereocenters. The Kier molecular flexibility index (Phi) is 5.18. The van der Waals surface area contributed by atoms with Gasteiger partial charge in [0.1, 0.15) is 0 Å². The third-order valence-corrected chi connectivity index (χ3v) is 4.70. The summed E-state index contributed by atoms with van der Waals surface area (Å²) in [6, 6.07) is 7.85. The lowest BCUT2D eigenvalue weighted by Crippen LogP contribution is -2.51. The van der Waals surface area contributed by atoms with Crippen molar-refractivity contribution < 1.29 is 9.59 Å². The Labute approximate surface area is 141 Å². The summed E-state index contributed by atoms with van der Waals surface area (Å²) in [4.78, 5) is 28.1. The molecule has 1 aliphatic heterocycles. The Morgan fingerprint density at radius 1 is 1.13 bits per heavy atom. The first-order chi connectivity index (χ1) is 11.1. The summed E-state index contributed by atoms with van der Waals surface area (Å²) in [5.41, 5.74) is 0.866. The molecule has 6 heteroatoms. The average Bonchev–Trinajstić information content (AvgIpc) is 3.34. The second kappa shape index (κ2) is 7.32. The number of carbonyl (C=O) groups excluding carboxylic acids is 2. The SMILES string of the molecule is O=C(CN1CCN(C(=O)Cc2ccccc2Cl)CC1)NC1CC1. The van der Waals surface area contributed by atoms with Crippen LogP contribution in [-0.4, -0.2) is 60.4 Å². The van der Waals surface area contributed by atoms with Crippen molar-refractivity contribution in [3.05, 3.63) is 34.9 Å². The fraction of sp³-hybridized carbons (Fsp3) is 0.529. The zero-order valence-corrected chi connectivity index (χ0v) is 13.9. The lowest BCUT2D eigenvalue weighted by Gasteiger charge is -2.34. The number of nitrogens with one attached hydrogen (secondary N) is 1. The monoisotopic (exact) mass is 335 g/mol. The Morgan fingerprint density at radius 2 is 1.83 bits per heavy atom. The van der Waals surface area contributed by atoms with E-state index < -0.39 is 0 Å². The number of hydrogen-bond donors (Lipinski definition) is 1. The van der Waals surface area contributed by atoms with Crippen LogP contribution in [0.5, 0.6) is 0 Å². The Balaban J connectivity index is 1.43. The van der Waals surface area contributed by atoms with Crippen LogP contribution in [0.3, 0.4) is 0 Å². The Morgan fingerprint density at radius 3 is 2.48 bits per heavy atom. The fourth-order valence-electron chi connectivity index (χ4n) is 2.78. The summed E-state index contributed by atoms with van der Waals surface area (Å²) in [6.45, 7) is 3.25. The Hall–Kier alpha value is -1.59. The van der Waals surface area contributed by atoms with Gasteiger partial charge in [-0.1, -0.05) is 29.8 Å². The van der Waals surface area contributed by atoms with Crippen LogP contribution < -0.4 is 5.32 Å². The van der Waals surface area contributed by atoms with Crippen LogP contribution in [0, 0.1) is 0 Å². The summed E-state index contributed by atoms with van der Waals surface area (Å²) in [7, 11) is 0. The average molecular weight is 336 g/mol. The van der Waals surface area contributed by atoms with Crippen molar-refractivity contribution in [2.24, 2.45) is 0 Å². The molecule has 124 valence electrons. The van der Waals surface area contributed by atoms with Gasteiger partial charge in [0.15, 0.2) is 0 Å². The van der Waals surface area contributed by atoms with Crippen molar-refractivity contribution in [3.63, 3.8) is 0 Å². The molecule has 1 saturated heterocycles. The maximum Gasteiger partial charge on any atom is 0.234 e. The van der Waals surface area contributed by atoms with Crippen molar-refractivity contribution in [1.82, 2.24) is 15.1 Å². The van der Waals surface area contributed by atoms with Gasteiger partial charge in [-0.15, -0.1) is 0 Å². The molecule has 2 aliphatic rings. The molecule has 2 fully saturated rings. The number of carbonyl (C=O) groups is 2. The van der Waals surface area contributed by atoms with E-state index in [4.69, 9.17) is 11.6 Å². The summed E-state index contributed by atoms with van der Waals surface area (Å²) in [6.07, 6.45) is 2.55. The zero-order chi connectivity index (χ0) is 16.2. The third kappa shape index (κ3) is 4.69. The number of benzene rings is 1. The number of rotatable bonds is 5. The van der Waals surface area contributed by atoms with E-state index in [1.807, 2.05) is 23.1 Å². The largest absolute Gasteiger partial charge is 0.352 e. The van der Waals surface area contributed by atoms with Gasteiger partial charge in [-0.3, -0.25) is 14.5 Å². The van der Waals surface area contributed by atoms with E-state index in [2.05, 4.69) is 10.2 Å². The predicted octanol–water partition coefficient (Wildman–Crippen LogP) is 1.31. The van der Waals surface area contributed by atoms with Gasteiger partial charge in [-0.2, -0.15) is 0 Å². The lowest BCUT2D eigenvalue weighted by atomic mass is 10.1. The zero-order valence-electron chi connectivity index (χ0n) is 13.1. The molecule has 0 bridgehead atoms. The number of halogens is 1. The molecule has 1 aromatic rings. The van der Waals surface area contributed by atoms with Crippen LogP contribution >= 0.6 is 11.6 Å². The van der Waals surface area contributed by atoms with Crippen LogP contribution in [0.25, 0.3) is 0 Å². The number of amides is 2. The van der Waals surface area contributed by atoms with Gasteiger partial charge in [-0.25, -0.2) is 0 Å². The van der Waals surface area contributed by atoms with E-state index in [0.717, 1.165) is 31.5 Å². The molecule has 3 rings (SSSR count). The molecule has 1 N–H and O–H groups in total. The van der Waals surface area contributed by atoms with E-state index in [1.165, 1.54) is 0 Å². The van der Waals surface area contributed by atoms with Gasteiger partial charge < -0.3 is 10.2 Å². The van der Waals surface area contributed by atoms with E-state index in [-0.39, 0.29) is 11.8 Å². The summed E-state index contributed by atoms with van der Waals surface area (Å²) in [5.74, 6) is 0.198. The molecular formula is C17H22ClN3O2. The van der Waals surface area contributed by atoms with Crippen LogP contribution in [0.15, 0.2) is 24.3 Å². The summed E-state index contributed by atoms with van der Waals surface area (Å²) >= 11 is 6.11. The maximum absolute atomic E-state index is 12.4. The topological polar surface area (TPSA) is 52.7 Å². The quantitative estimate of drug-likeness (QED) is 0.882. The van der Waals surface area contributed by atoms with Gasteiger partial charge in [-0.05, 0) is 24.5 Å². The smallest absolute Gasteiger partial charge is 0.234 e. The third-order valence-electron chi connectivity index (χ3n) is 4.33. The lowest BCUT2D eigenvalue weighted by molar-refractivity contribution is -0.132. The molecule has 1 aliphatic carbocycles. The highest BCUT2D eigenvalue weighted by Gasteiger charge is 2.26. The minimum Gasteiger partial charge on any atom is -0.352 e. The van der Waals surface area contributed by atoms with Crippen LogP contribution in [0.1, 0.15) is 18.4 Å². The molecule has 0 unspecified atom stereocenters. The molecule has 1 heterocycles. The van der Waals surface area contributed by atoms with E-state index in [1.54, 1.807) is 6.07 Å². The van der Waals surface area contributed by atoms with Crippen LogP contribution in [-0.2, 0) is 16.0 Å². The molecule has 2 amide bonds. The minimum absolute atomic E-state index is 0.0974. The standard InChI is InChI=1S/C17H22ClN3O2/c18-15-4-2-1-3-13(15)11-17(23)21-9-7-20(8-10-21)12-16(22)19-14-5-6-14/h1-4,14H,5-12H2,(H,19,22). The molecule has 23 heavy (non-hydrogen) atoms. The van der Waals surface area contributed by atoms with E-state index in [0.29, 0.717) is 37.1 Å². The summed E-state index contributed by atoms with van der Waals surface area (Å²) < 4.78 is 0. The second-order valence-corrected chi connectivity index (χ2v) is 6.67. The van der Waals surface area contributed by atoms with Gasteiger partial charge in [0.05, 0.1) is 13.0 Å². The minimum atomic E-state index is 0.0974. The molecule has 1 saturated carbocycles. The number of nitrogens with zero attached hydrogens (tertiary/aromatic N) is 2. The normalized spacial score (nSPS) is 18.7. The van der Waals surface area contributed by atoms with Gasteiger partial charge in [0.25, 0.3) is 0 Å². The highest BCUT2D eigenvalue weighted by Crippen LogP contribution is 2.19.